The van der Waals surface area contributed by atoms with E-state index in [4.69, 9.17) is 9.84 Å². The lowest BCUT2D eigenvalue weighted by molar-refractivity contribution is 0.283. The molecule has 1 rings (SSSR count). The Morgan fingerprint density at radius 2 is 1.94 bits per heavy atom. The quantitative estimate of drug-likeness (QED) is 0.662. The van der Waals surface area contributed by atoms with Crippen molar-refractivity contribution in [2.75, 3.05) is 19.8 Å². The summed E-state index contributed by atoms with van der Waals surface area (Å²) in [5, 5.41) is 12.0. The first kappa shape index (κ1) is 13.0. The van der Waals surface area contributed by atoms with Crippen molar-refractivity contribution in [1.29, 1.82) is 0 Å². The predicted molar refractivity (Wildman–Crippen MR) is 65.6 cm³/mol. The van der Waals surface area contributed by atoms with Gasteiger partial charge in [-0.25, -0.2) is 0 Å². The third-order valence-corrected chi connectivity index (χ3v) is 2.33. The highest BCUT2D eigenvalue weighted by molar-refractivity contribution is 5.27. The van der Waals surface area contributed by atoms with Gasteiger partial charge < -0.3 is 15.2 Å². The highest BCUT2D eigenvalue weighted by Gasteiger charge is 1.94. The van der Waals surface area contributed by atoms with Crippen LogP contribution >= 0.6 is 0 Å². The number of benzene rings is 1. The summed E-state index contributed by atoms with van der Waals surface area (Å²) in [6.45, 7) is 4.80. The molecular weight excluding hydrogens is 202 g/mol. The summed E-state index contributed by atoms with van der Waals surface area (Å²) in [5.41, 5.74) is 1.26. The summed E-state index contributed by atoms with van der Waals surface area (Å²) < 4.78 is 5.37. The van der Waals surface area contributed by atoms with Gasteiger partial charge in [-0.1, -0.05) is 12.1 Å². The molecule has 0 atom stereocenters. The maximum Gasteiger partial charge on any atom is 0.119 e. The van der Waals surface area contributed by atoms with Crippen LogP contribution in [0.1, 0.15) is 25.3 Å². The van der Waals surface area contributed by atoms with Crippen molar-refractivity contribution >= 4 is 0 Å². The van der Waals surface area contributed by atoms with Crippen LogP contribution in [0.4, 0.5) is 0 Å². The van der Waals surface area contributed by atoms with Crippen LogP contribution < -0.4 is 10.1 Å². The highest BCUT2D eigenvalue weighted by atomic mass is 16.5. The zero-order valence-corrected chi connectivity index (χ0v) is 9.91. The Hall–Kier alpha value is -1.06. The zero-order valence-electron chi connectivity index (χ0n) is 9.91. The molecule has 16 heavy (non-hydrogen) atoms. The molecule has 0 aliphatic carbocycles. The van der Waals surface area contributed by atoms with Gasteiger partial charge >= 0.3 is 0 Å². The topological polar surface area (TPSA) is 41.5 Å². The number of rotatable bonds is 8. The molecule has 1 aromatic carbocycles. The zero-order chi connectivity index (χ0) is 11.6. The van der Waals surface area contributed by atoms with Gasteiger partial charge in [0.25, 0.3) is 0 Å². The standard InChI is InChI=1S/C13H21NO2/c1-2-16-13-7-5-12(6-8-13)11-14-9-3-4-10-15/h5-8,14-15H,2-4,9-11H2,1H3. The van der Waals surface area contributed by atoms with Crippen LogP contribution in [-0.2, 0) is 6.54 Å². The Kier molecular flexibility index (Phi) is 6.61. The molecule has 0 fully saturated rings. The molecule has 0 saturated heterocycles. The van der Waals surface area contributed by atoms with Crippen molar-refractivity contribution in [3.63, 3.8) is 0 Å². The first-order valence-electron chi connectivity index (χ1n) is 5.90. The first-order chi connectivity index (χ1) is 7.86. The molecule has 3 heteroatoms. The van der Waals surface area contributed by atoms with Gasteiger partial charge in [0.05, 0.1) is 6.61 Å². The van der Waals surface area contributed by atoms with Gasteiger partial charge in [0.2, 0.25) is 0 Å². The number of nitrogens with one attached hydrogen (secondary N) is 1. The number of hydrogen-bond acceptors (Lipinski definition) is 3. The summed E-state index contributed by atoms with van der Waals surface area (Å²) in [6, 6.07) is 8.14. The SMILES string of the molecule is CCOc1ccc(CNCCCCO)cc1. The molecule has 0 bridgehead atoms. The van der Waals surface area contributed by atoms with E-state index in [2.05, 4.69) is 17.4 Å². The normalized spacial score (nSPS) is 10.4. The lowest BCUT2D eigenvalue weighted by Crippen LogP contribution is -2.14. The van der Waals surface area contributed by atoms with Gasteiger partial charge in [-0.3, -0.25) is 0 Å². The monoisotopic (exact) mass is 223 g/mol. The third-order valence-electron chi connectivity index (χ3n) is 2.33. The number of hydrogen-bond donors (Lipinski definition) is 2. The van der Waals surface area contributed by atoms with Crippen LogP contribution in [0.25, 0.3) is 0 Å². The average Bonchev–Trinajstić information content (AvgIpc) is 2.31. The van der Waals surface area contributed by atoms with Gasteiger partial charge in [-0.05, 0) is 44.0 Å². The molecule has 90 valence electrons. The molecule has 0 saturated carbocycles. The first-order valence-corrected chi connectivity index (χ1v) is 5.90. The second-order valence-corrected chi connectivity index (χ2v) is 3.68. The maximum atomic E-state index is 8.62. The van der Waals surface area contributed by atoms with E-state index in [0.29, 0.717) is 6.61 Å². The van der Waals surface area contributed by atoms with E-state index >= 15 is 0 Å². The molecule has 0 aromatic heterocycles. The molecule has 3 nitrogen and oxygen atoms in total. The van der Waals surface area contributed by atoms with Crippen molar-refractivity contribution in [2.45, 2.75) is 26.3 Å². The summed E-state index contributed by atoms with van der Waals surface area (Å²) in [5.74, 6) is 0.923. The fourth-order valence-electron chi connectivity index (χ4n) is 1.46. The van der Waals surface area contributed by atoms with Crippen molar-refractivity contribution in [3.05, 3.63) is 29.8 Å². The molecule has 0 aliphatic rings. The fourth-order valence-corrected chi connectivity index (χ4v) is 1.46. The Morgan fingerprint density at radius 3 is 2.56 bits per heavy atom. The van der Waals surface area contributed by atoms with Crippen LogP contribution in [0.2, 0.25) is 0 Å². The van der Waals surface area contributed by atoms with Crippen molar-refractivity contribution in [1.82, 2.24) is 5.32 Å². The summed E-state index contributed by atoms with van der Waals surface area (Å²) in [6.07, 6.45) is 1.89. The van der Waals surface area contributed by atoms with Gasteiger partial charge in [-0.2, -0.15) is 0 Å². The van der Waals surface area contributed by atoms with E-state index in [1.54, 1.807) is 0 Å². The fraction of sp³-hybridized carbons (Fsp3) is 0.538. The van der Waals surface area contributed by atoms with Crippen LogP contribution in [0.15, 0.2) is 24.3 Å². The van der Waals surface area contributed by atoms with E-state index < -0.39 is 0 Å². The van der Waals surface area contributed by atoms with Crippen LogP contribution in [0, 0.1) is 0 Å². The van der Waals surface area contributed by atoms with E-state index in [1.165, 1.54) is 5.56 Å². The average molecular weight is 223 g/mol. The van der Waals surface area contributed by atoms with Gasteiger partial charge in [0, 0.05) is 13.2 Å². The summed E-state index contributed by atoms with van der Waals surface area (Å²) in [4.78, 5) is 0. The summed E-state index contributed by atoms with van der Waals surface area (Å²) in [7, 11) is 0. The third kappa shape index (κ3) is 5.14. The molecule has 0 aliphatic heterocycles. The van der Waals surface area contributed by atoms with E-state index in [1.807, 2.05) is 19.1 Å². The Balaban J connectivity index is 2.21. The Morgan fingerprint density at radius 1 is 1.19 bits per heavy atom. The van der Waals surface area contributed by atoms with Crippen LogP contribution in [-0.4, -0.2) is 24.9 Å². The Bertz CT molecular complexity index is 272. The second-order valence-electron chi connectivity index (χ2n) is 3.68. The number of aliphatic hydroxyl groups excluding tert-OH is 1. The number of ether oxygens (including phenoxy) is 1. The van der Waals surface area contributed by atoms with Crippen LogP contribution in [0.3, 0.4) is 0 Å². The van der Waals surface area contributed by atoms with Gasteiger partial charge in [0.15, 0.2) is 0 Å². The lowest BCUT2D eigenvalue weighted by atomic mass is 10.2. The largest absolute Gasteiger partial charge is 0.494 e. The molecule has 0 unspecified atom stereocenters. The van der Waals surface area contributed by atoms with Crippen molar-refractivity contribution in [2.24, 2.45) is 0 Å². The van der Waals surface area contributed by atoms with Crippen molar-refractivity contribution < 1.29 is 9.84 Å². The van der Waals surface area contributed by atoms with Gasteiger partial charge in [0.1, 0.15) is 5.75 Å². The number of aliphatic hydroxyl groups is 1. The minimum atomic E-state index is 0.282. The van der Waals surface area contributed by atoms with Crippen LogP contribution in [0.5, 0.6) is 5.75 Å². The van der Waals surface area contributed by atoms with E-state index in [-0.39, 0.29) is 6.61 Å². The van der Waals surface area contributed by atoms with Crippen molar-refractivity contribution in [3.8, 4) is 5.75 Å². The molecule has 2 N–H and O–H groups in total. The number of unbranched alkanes of at least 4 members (excludes halogenated alkanes) is 1. The Labute approximate surface area is 97.4 Å². The molecule has 0 amide bonds. The molecule has 0 heterocycles. The minimum absolute atomic E-state index is 0.282. The summed E-state index contributed by atoms with van der Waals surface area (Å²) >= 11 is 0. The predicted octanol–water partition coefficient (Wildman–Crippen LogP) is 1.95. The smallest absolute Gasteiger partial charge is 0.119 e. The lowest BCUT2D eigenvalue weighted by Gasteiger charge is -2.06. The highest BCUT2D eigenvalue weighted by Crippen LogP contribution is 2.11. The molecule has 1 aromatic rings. The minimum Gasteiger partial charge on any atom is -0.494 e. The molecule has 0 radical (unpaired) electrons. The second kappa shape index (κ2) is 8.13. The van der Waals surface area contributed by atoms with E-state index in [0.717, 1.165) is 31.7 Å². The van der Waals surface area contributed by atoms with Gasteiger partial charge in [-0.15, -0.1) is 0 Å². The maximum absolute atomic E-state index is 8.62. The molecule has 0 spiro atoms. The molecular formula is C13H21NO2. The van der Waals surface area contributed by atoms with E-state index in [9.17, 15) is 0 Å².